The number of hydrogen-bond donors (Lipinski definition) is 1. The Hall–Kier alpha value is -2.69. The minimum atomic E-state index is -0.105. The Bertz CT molecular complexity index is 883. The monoisotopic (exact) mass is 350 g/mol. The van der Waals surface area contributed by atoms with E-state index in [4.69, 9.17) is 0 Å². The van der Waals surface area contributed by atoms with Crippen molar-refractivity contribution in [1.29, 1.82) is 0 Å². The minimum Gasteiger partial charge on any atom is -0.345 e. The van der Waals surface area contributed by atoms with Crippen molar-refractivity contribution in [3.8, 4) is 0 Å². The summed E-state index contributed by atoms with van der Waals surface area (Å²) in [6.07, 6.45) is 4.29. The first-order chi connectivity index (χ1) is 12.5. The predicted octanol–water partition coefficient (Wildman–Crippen LogP) is 4.53. The Morgan fingerprint density at radius 2 is 1.85 bits per heavy atom. The van der Waals surface area contributed by atoms with Crippen molar-refractivity contribution in [2.24, 2.45) is 5.92 Å². The van der Waals surface area contributed by atoms with Gasteiger partial charge < -0.3 is 5.32 Å². The first-order valence-electron chi connectivity index (χ1n) is 9.14. The van der Waals surface area contributed by atoms with Crippen molar-refractivity contribution in [2.75, 3.05) is 0 Å². The van der Waals surface area contributed by atoms with E-state index < -0.39 is 0 Å². The molecule has 1 N–H and O–H groups in total. The van der Waals surface area contributed by atoms with Gasteiger partial charge in [-0.25, -0.2) is 9.67 Å². The molecule has 0 saturated carbocycles. The third kappa shape index (κ3) is 3.93. The molecule has 2 heterocycles. The van der Waals surface area contributed by atoms with Gasteiger partial charge in [0.15, 0.2) is 5.65 Å². The maximum absolute atomic E-state index is 12.8. The molecule has 0 aliphatic rings. The molecule has 3 aromatic rings. The van der Waals surface area contributed by atoms with E-state index in [1.807, 2.05) is 28.9 Å². The summed E-state index contributed by atoms with van der Waals surface area (Å²) in [5, 5.41) is 8.42. The molecule has 0 spiro atoms. The zero-order valence-electron chi connectivity index (χ0n) is 15.8. The van der Waals surface area contributed by atoms with Crippen molar-refractivity contribution in [3.05, 3.63) is 59.9 Å². The number of hydrogen-bond acceptors (Lipinski definition) is 3. The number of pyridine rings is 1. The molecule has 0 aliphatic carbocycles. The van der Waals surface area contributed by atoms with Crippen LogP contribution in [0, 0.1) is 5.92 Å². The zero-order valence-corrected chi connectivity index (χ0v) is 15.8. The number of nitrogens with one attached hydrogen (secondary N) is 1. The molecule has 1 atom stereocenters. The normalized spacial score (nSPS) is 12.7. The van der Waals surface area contributed by atoms with Gasteiger partial charge in [0.2, 0.25) is 0 Å². The smallest absolute Gasteiger partial charge is 0.253 e. The van der Waals surface area contributed by atoms with Crippen LogP contribution in [0.4, 0.5) is 0 Å². The Morgan fingerprint density at radius 1 is 1.12 bits per heavy atom. The highest BCUT2D eigenvalue weighted by atomic mass is 16.1. The Morgan fingerprint density at radius 3 is 2.50 bits per heavy atom. The van der Waals surface area contributed by atoms with Crippen LogP contribution in [0.3, 0.4) is 0 Å². The lowest BCUT2D eigenvalue weighted by atomic mass is 9.96. The third-order valence-corrected chi connectivity index (χ3v) is 4.40. The average molecular weight is 350 g/mol. The molecular formula is C21H26N4O. The number of aromatic nitrogens is 3. The highest BCUT2D eigenvalue weighted by Crippen LogP contribution is 2.22. The summed E-state index contributed by atoms with van der Waals surface area (Å²) in [5.74, 6) is 0.372. The van der Waals surface area contributed by atoms with E-state index in [0.29, 0.717) is 11.5 Å². The molecule has 1 amide bonds. The molecule has 26 heavy (non-hydrogen) atoms. The number of carbonyl (C=O) groups excluding carboxylic acids is 1. The van der Waals surface area contributed by atoms with Gasteiger partial charge in [-0.1, -0.05) is 44.2 Å². The molecule has 0 fully saturated rings. The molecule has 0 bridgehead atoms. The second kappa shape index (κ2) is 7.68. The fourth-order valence-corrected chi connectivity index (χ4v) is 3.12. The van der Waals surface area contributed by atoms with E-state index in [9.17, 15) is 4.79 Å². The van der Waals surface area contributed by atoms with E-state index in [2.05, 4.69) is 55.2 Å². The summed E-state index contributed by atoms with van der Waals surface area (Å²) in [5.41, 5.74) is 2.49. The van der Waals surface area contributed by atoms with Crippen molar-refractivity contribution in [1.82, 2.24) is 20.1 Å². The second-order valence-electron chi connectivity index (χ2n) is 7.39. The van der Waals surface area contributed by atoms with Gasteiger partial charge in [0.25, 0.3) is 5.91 Å². The van der Waals surface area contributed by atoms with E-state index in [0.717, 1.165) is 23.0 Å². The first-order valence-corrected chi connectivity index (χ1v) is 9.14. The van der Waals surface area contributed by atoms with Gasteiger partial charge in [0.1, 0.15) is 0 Å². The SMILES string of the molecule is CC(C)C[C@@H](NC(=O)c1cnc2c(cnn2C(C)C)c1)c1ccccc1. The maximum Gasteiger partial charge on any atom is 0.253 e. The number of carbonyl (C=O) groups is 1. The molecule has 5 heteroatoms. The molecule has 136 valence electrons. The summed E-state index contributed by atoms with van der Waals surface area (Å²) < 4.78 is 1.86. The van der Waals surface area contributed by atoms with Crippen LogP contribution in [0.15, 0.2) is 48.8 Å². The van der Waals surface area contributed by atoms with Gasteiger partial charge in [-0.2, -0.15) is 5.10 Å². The highest BCUT2D eigenvalue weighted by molar-refractivity contribution is 5.97. The van der Waals surface area contributed by atoms with Crippen molar-refractivity contribution >= 4 is 16.9 Å². The van der Waals surface area contributed by atoms with Gasteiger partial charge in [-0.3, -0.25) is 4.79 Å². The van der Waals surface area contributed by atoms with Gasteiger partial charge in [-0.05, 0) is 37.8 Å². The van der Waals surface area contributed by atoms with Crippen LogP contribution in [0.1, 0.15) is 62.1 Å². The Balaban J connectivity index is 1.84. The number of fused-ring (bicyclic) bond motifs is 1. The van der Waals surface area contributed by atoms with Crippen molar-refractivity contribution in [3.63, 3.8) is 0 Å². The maximum atomic E-state index is 12.8. The van der Waals surface area contributed by atoms with Gasteiger partial charge in [0.05, 0.1) is 17.8 Å². The fourth-order valence-electron chi connectivity index (χ4n) is 3.12. The van der Waals surface area contributed by atoms with Crippen LogP contribution in [0.25, 0.3) is 11.0 Å². The number of rotatable bonds is 6. The molecule has 3 rings (SSSR count). The van der Waals surface area contributed by atoms with E-state index in [1.54, 1.807) is 12.4 Å². The largest absolute Gasteiger partial charge is 0.345 e. The summed E-state index contributed by atoms with van der Waals surface area (Å²) >= 11 is 0. The average Bonchev–Trinajstić information content (AvgIpc) is 3.05. The predicted molar refractivity (Wildman–Crippen MR) is 104 cm³/mol. The Labute approximate surface area is 154 Å². The van der Waals surface area contributed by atoms with Crippen LogP contribution in [-0.4, -0.2) is 20.7 Å². The summed E-state index contributed by atoms with van der Waals surface area (Å²) in [6, 6.07) is 12.2. The molecule has 2 aromatic heterocycles. The number of nitrogens with zero attached hydrogens (tertiary/aromatic N) is 3. The lowest BCUT2D eigenvalue weighted by Gasteiger charge is -2.21. The van der Waals surface area contributed by atoms with Crippen LogP contribution >= 0.6 is 0 Å². The highest BCUT2D eigenvalue weighted by Gasteiger charge is 2.18. The topological polar surface area (TPSA) is 59.8 Å². The first kappa shape index (κ1) is 18.1. The summed E-state index contributed by atoms with van der Waals surface area (Å²) in [7, 11) is 0. The lowest BCUT2D eigenvalue weighted by Crippen LogP contribution is -2.29. The van der Waals surface area contributed by atoms with Crippen LogP contribution in [0.5, 0.6) is 0 Å². The van der Waals surface area contributed by atoms with E-state index in [-0.39, 0.29) is 18.0 Å². The Kier molecular flexibility index (Phi) is 5.35. The summed E-state index contributed by atoms with van der Waals surface area (Å²) in [6.45, 7) is 8.45. The molecule has 1 aromatic carbocycles. The van der Waals surface area contributed by atoms with Crippen LogP contribution in [0.2, 0.25) is 0 Å². The molecule has 5 nitrogen and oxygen atoms in total. The van der Waals surface area contributed by atoms with Crippen LogP contribution < -0.4 is 5.32 Å². The molecule has 0 radical (unpaired) electrons. The summed E-state index contributed by atoms with van der Waals surface area (Å²) in [4.78, 5) is 17.3. The van der Waals surface area contributed by atoms with Crippen LogP contribution in [-0.2, 0) is 0 Å². The van der Waals surface area contributed by atoms with Gasteiger partial charge in [-0.15, -0.1) is 0 Å². The number of benzene rings is 1. The second-order valence-corrected chi connectivity index (χ2v) is 7.39. The zero-order chi connectivity index (χ0) is 18.7. The third-order valence-electron chi connectivity index (χ3n) is 4.40. The van der Waals surface area contributed by atoms with Crippen molar-refractivity contribution < 1.29 is 4.79 Å². The molecule has 0 aliphatic heterocycles. The van der Waals surface area contributed by atoms with Crippen molar-refractivity contribution in [2.45, 2.75) is 46.2 Å². The molecule has 0 saturated heterocycles. The van der Waals surface area contributed by atoms with Gasteiger partial charge in [0, 0.05) is 17.6 Å². The van der Waals surface area contributed by atoms with E-state index >= 15 is 0 Å². The van der Waals surface area contributed by atoms with Gasteiger partial charge >= 0.3 is 0 Å². The standard InChI is InChI=1S/C21H26N4O/c1-14(2)10-19(16-8-6-5-7-9-16)24-21(26)18-11-17-13-23-25(15(3)4)20(17)22-12-18/h5-9,11-15,19H,10H2,1-4H3,(H,24,26)/t19-/m1/s1. The minimum absolute atomic E-state index is 0.0159. The molecular weight excluding hydrogens is 324 g/mol. The number of amides is 1. The van der Waals surface area contributed by atoms with E-state index in [1.165, 1.54) is 0 Å². The molecule has 0 unspecified atom stereocenters. The lowest BCUT2D eigenvalue weighted by molar-refractivity contribution is 0.0931. The quantitative estimate of drug-likeness (QED) is 0.710. The fraction of sp³-hybridized carbons (Fsp3) is 0.381.